The summed E-state index contributed by atoms with van der Waals surface area (Å²) in [5, 5.41) is 14.6. The summed E-state index contributed by atoms with van der Waals surface area (Å²) < 4.78 is 23.9. The van der Waals surface area contributed by atoms with E-state index in [1.807, 2.05) is 0 Å². The Hall–Kier alpha value is -1.38. The van der Waals surface area contributed by atoms with Gasteiger partial charge in [-0.05, 0) is 18.9 Å². The van der Waals surface area contributed by atoms with E-state index in [0.717, 1.165) is 6.42 Å². The Morgan fingerprint density at radius 2 is 2.21 bits per heavy atom. The zero-order chi connectivity index (χ0) is 14.2. The van der Waals surface area contributed by atoms with E-state index in [9.17, 15) is 18.3 Å². The fourth-order valence-electron chi connectivity index (χ4n) is 2.20. The van der Waals surface area contributed by atoms with Crippen molar-refractivity contribution >= 4 is 15.9 Å². The summed E-state index contributed by atoms with van der Waals surface area (Å²) in [6.07, 6.45) is 2.21. The Balaban J connectivity index is 2.26. The third kappa shape index (κ3) is 2.96. The fraction of sp³-hybridized carbons (Fsp3) is 0.545. The van der Waals surface area contributed by atoms with E-state index in [4.69, 9.17) is 5.14 Å². The van der Waals surface area contributed by atoms with Crippen LogP contribution in [0.2, 0.25) is 0 Å². The van der Waals surface area contributed by atoms with Gasteiger partial charge >= 0.3 is 0 Å². The van der Waals surface area contributed by atoms with E-state index in [1.54, 1.807) is 7.05 Å². The number of likely N-dealkylation sites (tertiary alicyclic amines) is 1. The summed E-state index contributed by atoms with van der Waals surface area (Å²) in [6, 6.07) is 1.26. The number of β-amino-alcohol motifs (C(OH)–C–C–N with tert-alkyl or cyclic N) is 1. The highest BCUT2D eigenvalue weighted by Crippen LogP contribution is 2.17. The van der Waals surface area contributed by atoms with Crippen molar-refractivity contribution < 1.29 is 18.3 Å². The second kappa shape index (κ2) is 4.95. The Morgan fingerprint density at radius 3 is 2.74 bits per heavy atom. The van der Waals surface area contributed by atoms with Crippen molar-refractivity contribution in [1.82, 2.24) is 9.47 Å². The van der Waals surface area contributed by atoms with Gasteiger partial charge in [0.1, 0.15) is 10.6 Å². The molecule has 19 heavy (non-hydrogen) atoms. The molecule has 1 aliphatic rings. The van der Waals surface area contributed by atoms with Crippen LogP contribution in [0.1, 0.15) is 23.3 Å². The molecule has 2 heterocycles. The number of nitrogens with two attached hydrogens (primary N) is 1. The van der Waals surface area contributed by atoms with Gasteiger partial charge in [-0.25, -0.2) is 13.6 Å². The van der Waals surface area contributed by atoms with Gasteiger partial charge in [0.2, 0.25) is 10.0 Å². The molecule has 1 unspecified atom stereocenters. The standard InChI is InChI=1S/C11H17N3O4S/c1-13-7-9(19(12,17)18)5-10(13)11(16)14-4-2-3-8(15)6-14/h5,7-8,15H,2-4,6H2,1H3,(H2,12,17,18). The molecule has 0 radical (unpaired) electrons. The number of hydrogen-bond donors (Lipinski definition) is 2. The maximum Gasteiger partial charge on any atom is 0.270 e. The molecule has 2 rings (SSSR count). The summed E-state index contributed by atoms with van der Waals surface area (Å²) in [7, 11) is -2.23. The lowest BCUT2D eigenvalue weighted by Crippen LogP contribution is -2.42. The molecule has 0 bridgehead atoms. The predicted octanol–water partition coefficient (Wildman–Crippen LogP) is -0.731. The first-order valence-corrected chi connectivity index (χ1v) is 7.50. The van der Waals surface area contributed by atoms with E-state index >= 15 is 0 Å². The number of amides is 1. The van der Waals surface area contributed by atoms with Crippen LogP contribution in [0.15, 0.2) is 17.2 Å². The number of aliphatic hydroxyl groups is 1. The summed E-state index contributed by atoms with van der Waals surface area (Å²) in [5.41, 5.74) is 0.248. The number of aryl methyl sites for hydroxylation is 1. The molecular weight excluding hydrogens is 270 g/mol. The number of carbonyl (C=O) groups excluding carboxylic acids is 1. The van der Waals surface area contributed by atoms with Gasteiger partial charge in [0.05, 0.1) is 6.10 Å². The second-order valence-electron chi connectivity index (χ2n) is 4.76. The van der Waals surface area contributed by atoms with Crippen LogP contribution in [-0.2, 0) is 17.1 Å². The smallest absolute Gasteiger partial charge is 0.270 e. The van der Waals surface area contributed by atoms with Gasteiger partial charge in [-0.2, -0.15) is 0 Å². The van der Waals surface area contributed by atoms with E-state index in [1.165, 1.54) is 21.7 Å². The van der Waals surface area contributed by atoms with Crippen LogP contribution < -0.4 is 5.14 Å². The van der Waals surface area contributed by atoms with Gasteiger partial charge in [0.25, 0.3) is 5.91 Å². The highest BCUT2D eigenvalue weighted by Gasteiger charge is 2.26. The molecule has 1 aromatic rings. The van der Waals surface area contributed by atoms with E-state index in [2.05, 4.69) is 0 Å². The lowest BCUT2D eigenvalue weighted by atomic mass is 10.1. The lowest BCUT2D eigenvalue weighted by Gasteiger charge is -2.30. The molecule has 1 aromatic heterocycles. The largest absolute Gasteiger partial charge is 0.391 e. The summed E-state index contributed by atoms with van der Waals surface area (Å²) in [6.45, 7) is 0.834. The van der Waals surface area contributed by atoms with E-state index in [-0.39, 0.29) is 23.0 Å². The monoisotopic (exact) mass is 287 g/mol. The van der Waals surface area contributed by atoms with Crippen molar-refractivity contribution in [2.45, 2.75) is 23.8 Å². The summed E-state index contributed by atoms with van der Waals surface area (Å²) >= 11 is 0. The Bertz CT molecular complexity index is 593. The summed E-state index contributed by atoms with van der Waals surface area (Å²) in [5.74, 6) is -0.295. The summed E-state index contributed by atoms with van der Waals surface area (Å²) in [4.78, 5) is 13.7. The normalized spacial score (nSPS) is 20.6. The number of nitrogens with zero attached hydrogens (tertiary/aromatic N) is 2. The van der Waals surface area contributed by atoms with Crippen molar-refractivity contribution in [3.8, 4) is 0 Å². The van der Waals surface area contributed by atoms with Gasteiger partial charge in [-0.15, -0.1) is 0 Å². The van der Waals surface area contributed by atoms with Crippen molar-refractivity contribution in [2.24, 2.45) is 12.2 Å². The number of rotatable bonds is 2. The molecule has 1 amide bonds. The fourth-order valence-corrected chi connectivity index (χ4v) is 2.78. The number of hydrogen-bond acceptors (Lipinski definition) is 4. The van der Waals surface area contributed by atoms with Crippen LogP contribution in [0.3, 0.4) is 0 Å². The predicted molar refractivity (Wildman–Crippen MR) is 67.9 cm³/mol. The number of aliphatic hydroxyl groups excluding tert-OH is 1. The number of sulfonamides is 1. The molecule has 0 saturated carbocycles. The second-order valence-corrected chi connectivity index (χ2v) is 6.33. The van der Waals surface area contributed by atoms with Crippen LogP contribution in [0.4, 0.5) is 0 Å². The van der Waals surface area contributed by atoms with E-state index in [0.29, 0.717) is 13.0 Å². The topological polar surface area (TPSA) is 106 Å². The van der Waals surface area contributed by atoms with Crippen molar-refractivity contribution in [3.63, 3.8) is 0 Å². The van der Waals surface area contributed by atoms with Gasteiger partial charge in [0.15, 0.2) is 0 Å². The minimum atomic E-state index is -3.82. The number of carbonyl (C=O) groups is 1. The average molecular weight is 287 g/mol. The highest BCUT2D eigenvalue weighted by atomic mass is 32.2. The number of aromatic nitrogens is 1. The number of primary sulfonamides is 1. The molecular formula is C11H17N3O4S. The van der Waals surface area contributed by atoms with Gasteiger partial charge < -0.3 is 14.6 Å². The SMILES string of the molecule is Cn1cc(S(N)(=O)=O)cc1C(=O)N1CCCC(O)C1. The van der Waals surface area contributed by atoms with Crippen LogP contribution in [0.5, 0.6) is 0 Å². The molecule has 1 saturated heterocycles. The maximum absolute atomic E-state index is 12.3. The van der Waals surface area contributed by atoms with Gasteiger partial charge in [0, 0.05) is 26.3 Å². The van der Waals surface area contributed by atoms with Crippen LogP contribution in [-0.4, -0.2) is 48.1 Å². The third-order valence-electron chi connectivity index (χ3n) is 3.21. The maximum atomic E-state index is 12.3. The van der Waals surface area contributed by atoms with Gasteiger partial charge in [-0.1, -0.05) is 0 Å². The molecule has 3 N–H and O–H groups in total. The molecule has 1 aliphatic heterocycles. The van der Waals surface area contributed by atoms with Crippen molar-refractivity contribution in [1.29, 1.82) is 0 Å². The zero-order valence-corrected chi connectivity index (χ0v) is 11.4. The highest BCUT2D eigenvalue weighted by molar-refractivity contribution is 7.89. The molecule has 0 spiro atoms. The van der Waals surface area contributed by atoms with Crippen LogP contribution >= 0.6 is 0 Å². The van der Waals surface area contributed by atoms with Crippen molar-refractivity contribution in [3.05, 3.63) is 18.0 Å². The minimum absolute atomic E-state index is 0.0871. The average Bonchev–Trinajstić information content (AvgIpc) is 2.70. The first-order valence-electron chi connectivity index (χ1n) is 5.95. The van der Waals surface area contributed by atoms with Gasteiger partial charge in [-0.3, -0.25) is 4.79 Å². The third-order valence-corrected chi connectivity index (χ3v) is 4.09. The Morgan fingerprint density at radius 1 is 1.53 bits per heavy atom. The molecule has 8 heteroatoms. The van der Waals surface area contributed by atoms with Crippen LogP contribution in [0.25, 0.3) is 0 Å². The lowest BCUT2D eigenvalue weighted by molar-refractivity contribution is 0.0466. The molecule has 106 valence electrons. The van der Waals surface area contributed by atoms with Crippen LogP contribution in [0, 0.1) is 0 Å². The minimum Gasteiger partial charge on any atom is -0.391 e. The number of piperidine rings is 1. The molecule has 0 aliphatic carbocycles. The molecule has 1 fully saturated rings. The first kappa shape index (κ1) is 14.0. The Kier molecular flexibility index (Phi) is 3.66. The first-order chi connectivity index (χ1) is 8.79. The molecule has 0 aromatic carbocycles. The molecule has 1 atom stereocenters. The van der Waals surface area contributed by atoms with E-state index < -0.39 is 16.1 Å². The zero-order valence-electron chi connectivity index (χ0n) is 10.6. The molecule has 7 nitrogen and oxygen atoms in total. The van der Waals surface area contributed by atoms with Crippen molar-refractivity contribution in [2.75, 3.05) is 13.1 Å². The Labute approximate surface area is 111 Å². The quantitative estimate of drug-likeness (QED) is 0.748.